The Morgan fingerprint density at radius 2 is 1.90 bits per heavy atom. The van der Waals surface area contributed by atoms with E-state index in [4.69, 9.17) is 0 Å². The van der Waals surface area contributed by atoms with Crippen LogP contribution in [0.1, 0.15) is 5.82 Å². The fraction of sp³-hybridized carbons (Fsp3) is 0.133. The van der Waals surface area contributed by atoms with Crippen LogP contribution in [-0.4, -0.2) is 24.9 Å². The minimum Gasteiger partial charge on any atom is -0.349 e. The number of hydrogen-bond acceptors (Lipinski definition) is 3. The normalized spacial score (nSPS) is 11.8. The summed E-state index contributed by atoms with van der Waals surface area (Å²) >= 11 is 0. The van der Waals surface area contributed by atoms with Crippen molar-refractivity contribution in [2.45, 2.75) is 11.3 Å². The SMILES string of the molecule is O=S(=O)(NCCc1ncc[nH]1)c1ccc2ccccc2c1. The molecule has 2 aromatic carbocycles. The van der Waals surface area contributed by atoms with Gasteiger partial charge in [0, 0.05) is 25.4 Å². The van der Waals surface area contributed by atoms with Gasteiger partial charge in [0.15, 0.2) is 0 Å². The second kappa shape index (κ2) is 5.67. The molecule has 1 aromatic heterocycles. The molecule has 21 heavy (non-hydrogen) atoms. The van der Waals surface area contributed by atoms with Gasteiger partial charge in [0.2, 0.25) is 10.0 Å². The van der Waals surface area contributed by atoms with Crippen molar-refractivity contribution < 1.29 is 8.42 Å². The van der Waals surface area contributed by atoms with Gasteiger partial charge in [-0.1, -0.05) is 30.3 Å². The number of hydrogen-bond donors (Lipinski definition) is 2. The molecular weight excluding hydrogens is 286 g/mol. The zero-order chi connectivity index (χ0) is 14.7. The first kappa shape index (κ1) is 13.8. The number of sulfonamides is 1. The topological polar surface area (TPSA) is 74.8 Å². The van der Waals surface area contributed by atoms with E-state index < -0.39 is 10.0 Å². The quantitative estimate of drug-likeness (QED) is 0.757. The minimum atomic E-state index is -3.50. The Morgan fingerprint density at radius 3 is 2.67 bits per heavy atom. The van der Waals surface area contributed by atoms with Crippen LogP contribution in [0.2, 0.25) is 0 Å². The highest BCUT2D eigenvalue weighted by atomic mass is 32.2. The lowest BCUT2D eigenvalue weighted by Gasteiger charge is -2.07. The lowest BCUT2D eigenvalue weighted by molar-refractivity contribution is 0.581. The van der Waals surface area contributed by atoms with Gasteiger partial charge >= 0.3 is 0 Å². The first-order valence-electron chi connectivity index (χ1n) is 6.62. The third-order valence-corrected chi connectivity index (χ3v) is 4.70. The Kier molecular flexibility index (Phi) is 3.72. The molecule has 0 aliphatic heterocycles. The Morgan fingerprint density at radius 1 is 1.10 bits per heavy atom. The molecule has 1 heterocycles. The van der Waals surface area contributed by atoms with Crippen LogP contribution in [0.3, 0.4) is 0 Å². The highest BCUT2D eigenvalue weighted by molar-refractivity contribution is 7.89. The molecule has 0 bridgehead atoms. The van der Waals surface area contributed by atoms with Crippen LogP contribution in [0.5, 0.6) is 0 Å². The van der Waals surface area contributed by atoms with Crippen molar-refractivity contribution in [3.63, 3.8) is 0 Å². The van der Waals surface area contributed by atoms with Gasteiger partial charge in [-0.25, -0.2) is 18.1 Å². The molecular formula is C15H15N3O2S. The summed E-state index contributed by atoms with van der Waals surface area (Å²) in [6.45, 7) is 0.308. The predicted octanol–water partition coefficient (Wildman–Crippen LogP) is 2.08. The van der Waals surface area contributed by atoms with Crippen LogP contribution in [0.25, 0.3) is 10.8 Å². The molecule has 5 nitrogen and oxygen atoms in total. The van der Waals surface area contributed by atoms with Gasteiger partial charge in [-0.15, -0.1) is 0 Å². The molecule has 6 heteroatoms. The molecule has 0 spiro atoms. The van der Waals surface area contributed by atoms with Crippen LogP contribution in [0, 0.1) is 0 Å². The maximum atomic E-state index is 12.3. The first-order chi connectivity index (χ1) is 10.1. The van der Waals surface area contributed by atoms with Crippen LogP contribution in [0.15, 0.2) is 59.8 Å². The van der Waals surface area contributed by atoms with Crippen molar-refractivity contribution in [3.05, 3.63) is 60.7 Å². The predicted molar refractivity (Wildman–Crippen MR) is 81.4 cm³/mol. The molecule has 0 fully saturated rings. The molecule has 3 aromatic rings. The number of imidazole rings is 1. The van der Waals surface area contributed by atoms with Crippen molar-refractivity contribution in [2.75, 3.05) is 6.54 Å². The van der Waals surface area contributed by atoms with Gasteiger partial charge < -0.3 is 4.98 Å². The Labute approximate surface area is 123 Å². The fourth-order valence-electron chi connectivity index (χ4n) is 2.16. The summed E-state index contributed by atoms with van der Waals surface area (Å²) in [5.41, 5.74) is 0. The van der Waals surface area contributed by atoms with Crippen molar-refractivity contribution in [2.24, 2.45) is 0 Å². The largest absolute Gasteiger partial charge is 0.349 e. The van der Waals surface area contributed by atoms with E-state index in [1.165, 1.54) is 0 Å². The first-order valence-corrected chi connectivity index (χ1v) is 8.10. The molecule has 0 amide bonds. The highest BCUT2D eigenvalue weighted by Gasteiger charge is 2.13. The maximum Gasteiger partial charge on any atom is 0.240 e. The smallest absolute Gasteiger partial charge is 0.240 e. The summed E-state index contributed by atoms with van der Waals surface area (Å²) in [6, 6.07) is 12.8. The van der Waals surface area contributed by atoms with Gasteiger partial charge in [-0.3, -0.25) is 0 Å². The second-order valence-corrected chi connectivity index (χ2v) is 6.46. The second-order valence-electron chi connectivity index (χ2n) is 4.69. The van der Waals surface area contributed by atoms with Gasteiger partial charge in [0.1, 0.15) is 5.82 Å². The zero-order valence-electron chi connectivity index (χ0n) is 11.3. The number of nitrogens with one attached hydrogen (secondary N) is 2. The number of H-pyrrole nitrogens is 1. The number of nitrogens with zero attached hydrogens (tertiary/aromatic N) is 1. The Hall–Kier alpha value is -2.18. The van der Waals surface area contributed by atoms with Crippen molar-refractivity contribution >= 4 is 20.8 Å². The third kappa shape index (κ3) is 3.12. The summed E-state index contributed by atoms with van der Waals surface area (Å²) in [7, 11) is -3.50. The molecule has 0 saturated heterocycles. The maximum absolute atomic E-state index is 12.3. The van der Waals surface area contributed by atoms with E-state index in [9.17, 15) is 8.42 Å². The van der Waals surface area contributed by atoms with Crippen LogP contribution >= 0.6 is 0 Å². The number of benzene rings is 2. The molecule has 0 unspecified atom stereocenters. The fourth-order valence-corrected chi connectivity index (χ4v) is 3.22. The Bertz CT molecular complexity index is 842. The average molecular weight is 301 g/mol. The standard InChI is InChI=1S/C15H15N3O2S/c19-21(20,18-8-7-15-16-9-10-17-15)14-6-5-12-3-1-2-4-13(12)11-14/h1-6,9-11,18H,7-8H2,(H,16,17). The third-order valence-electron chi connectivity index (χ3n) is 3.24. The monoisotopic (exact) mass is 301 g/mol. The number of rotatable bonds is 5. The summed E-state index contributed by atoms with van der Waals surface area (Å²) in [5, 5.41) is 1.93. The van der Waals surface area contributed by atoms with E-state index in [1.54, 1.807) is 24.5 Å². The summed E-state index contributed by atoms with van der Waals surface area (Å²) in [4.78, 5) is 7.28. The number of aromatic nitrogens is 2. The van der Waals surface area contributed by atoms with Gasteiger partial charge in [0.05, 0.1) is 4.90 Å². The molecule has 108 valence electrons. The zero-order valence-corrected chi connectivity index (χ0v) is 12.1. The lowest BCUT2D eigenvalue weighted by Crippen LogP contribution is -2.26. The van der Waals surface area contributed by atoms with Crippen molar-refractivity contribution in [1.82, 2.24) is 14.7 Å². The average Bonchev–Trinajstić information content (AvgIpc) is 3.00. The van der Waals surface area contributed by atoms with E-state index in [-0.39, 0.29) is 4.90 Å². The van der Waals surface area contributed by atoms with E-state index >= 15 is 0 Å². The van der Waals surface area contributed by atoms with E-state index in [1.807, 2.05) is 30.3 Å². The lowest BCUT2D eigenvalue weighted by atomic mass is 10.1. The summed E-state index contributed by atoms with van der Waals surface area (Å²) in [6.07, 6.45) is 3.89. The van der Waals surface area contributed by atoms with Gasteiger partial charge in [-0.2, -0.15) is 0 Å². The van der Waals surface area contributed by atoms with Crippen LogP contribution in [0.4, 0.5) is 0 Å². The van der Waals surface area contributed by atoms with Crippen molar-refractivity contribution in [3.8, 4) is 0 Å². The van der Waals surface area contributed by atoms with E-state index in [0.29, 0.717) is 13.0 Å². The van der Waals surface area contributed by atoms with Crippen LogP contribution < -0.4 is 4.72 Å². The van der Waals surface area contributed by atoms with Gasteiger partial charge in [-0.05, 0) is 22.9 Å². The highest BCUT2D eigenvalue weighted by Crippen LogP contribution is 2.18. The number of fused-ring (bicyclic) bond motifs is 1. The number of aromatic amines is 1. The molecule has 0 aliphatic carbocycles. The van der Waals surface area contributed by atoms with Crippen molar-refractivity contribution in [1.29, 1.82) is 0 Å². The molecule has 0 saturated carbocycles. The summed E-state index contributed by atoms with van der Waals surface area (Å²) < 4.78 is 27.1. The molecule has 0 atom stereocenters. The van der Waals surface area contributed by atoms with E-state index in [0.717, 1.165) is 16.6 Å². The molecule has 0 aliphatic rings. The van der Waals surface area contributed by atoms with Crippen LogP contribution in [-0.2, 0) is 16.4 Å². The Balaban J connectivity index is 1.76. The van der Waals surface area contributed by atoms with Gasteiger partial charge in [0.25, 0.3) is 0 Å². The minimum absolute atomic E-state index is 0.278. The van der Waals surface area contributed by atoms with E-state index in [2.05, 4.69) is 14.7 Å². The molecule has 0 radical (unpaired) electrons. The summed E-state index contributed by atoms with van der Waals surface area (Å²) in [5.74, 6) is 0.760. The molecule has 3 rings (SSSR count). The molecule has 2 N–H and O–H groups in total.